The first-order valence-electron chi connectivity index (χ1n) is 9.81. The van der Waals surface area contributed by atoms with Crippen molar-refractivity contribution in [1.82, 2.24) is 5.32 Å². The highest BCUT2D eigenvalue weighted by Gasteiger charge is 2.39. The fraction of sp³-hybridized carbons (Fsp3) is 0.714. The van der Waals surface area contributed by atoms with E-state index >= 15 is 0 Å². The molecule has 1 unspecified atom stereocenters. The molecule has 1 aliphatic rings. The summed E-state index contributed by atoms with van der Waals surface area (Å²) >= 11 is 6.27. The van der Waals surface area contributed by atoms with Gasteiger partial charge in [-0.1, -0.05) is 44.5 Å². The number of rotatable bonds is 7. The zero-order chi connectivity index (χ0) is 19.4. The van der Waals surface area contributed by atoms with Gasteiger partial charge in [-0.15, -0.1) is 0 Å². The lowest BCUT2D eigenvalue weighted by atomic mass is 9.78. The first kappa shape index (κ1) is 21.9. The van der Waals surface area contributed by atoms with Gasteiger partial charge in [-0.3, -0.25) is 0 Å². The number of halogens is 1. The number of nitrogens with one attached hydrogen (secondary N) is 1. The lowest BCUT2D eigenvalue weighted by Gasteiger charge is -2.41. The van der Waals surface area contributed by atoms with E-state index in [0.29, 0.717) is 19.1 Å². The Balaban J connectivity index is 2.08. The smallest absolute Gasteiger partial charge is 0.192 e. The van der Waals surface area contributed by atoms with Gasteiger partial charge in [-0.05, 0) is 62.1 Å². The molecule has 0 aliphatic carbocycles. The van der Waals surface area contributed by atoms with Crippen LogP contribution in [0.4, 0.5) is 0 Å². The molecular formula is C21H36ClNO2Si. The van der Waals surface area contributed by atoms with Gasteiger partial charge < -0.3 is 14.5 Å². The van der Waals surface area contributed by atoms with Crippen molar-refractivity contribution in [2.24, 2.45) is 5.92 Å². The van der Waals surface area contributed by atoms with Gasteiger partial charge in [-0.2, -0.15) is 0 Å². The molecule has 1 saturated heterocycles. The number of hydrogen-bond acceptors (Lipinski definition) is 3. The molecule has 5 heteroatoms. The summed E-state index contributed by atoms with van der Waals surface area (Å²) in [4.78, 5) is 0. The monoisotopic (exact) mass is 397 g/mol. The van der Waals surface area contributed by atoms with Crippen LogP contribution in [0.15, 0.2) is 24.3 Å². The van der Waals surface area contributed by atoms with Crippen LogP contribution in [-0.2, 0) is 14.8 Å². The summed E-state index contributed by atoms with van der Waals surface area (Å²) in [5, 5.41) is 4.50. The molecule has 0 aromatic heterocycles. The molecular weight excluding hydrogens is 362 g/mol. The number of benzene rings is 1. The van der Waals surface area contributed by atoms with Crippen LogP contribution in [0.3, 0.4) is 0 Å². The van der Waals surface area contributed by atoms with Crippen LogP contribution in [0.2, 0.25) is 23.2 Å². The van der Waals surface area contributed by atoms with Crippen molar-refractivity contribution >= 4 is 19.9 Å². The zero-order valence-corrected chi connectivity index (χ0v) is 19.1. The summed E-state index contributed by atoms with van der Waals surface area (Å²) in [5.74, 6) is 0.433. The molecule has 0 radical (unpaired) electrons. The first-order chi connectivity index (χ1) is 12.1. The van der Waals surface area contributed by atoms with Crippen LogP contribution in [0.1, 0.15) is 46.1 Å². The highest BCUT2D eigenvalue weighted by atomic mass is 35.5. The molecule has 0 spiro atoms. The average Bonchev–Trinajstić information content (AvgIpc) is 2.58. The average molecular weight is 398 g/mol. The summed E-state index contributed by atoms with van der Waals surface area (Å²) in [5.41, 5.74) is 0.806. The Morgan fingerprint density at radius 2 is 1.92 bits per heavy atom. The van der Waals surface area contributed by atoms with Gasteiger partial charge in [0.2, 0.25) is 0 Å². The van der Waals surface area contributed by atoms with Gasteiger partial charge in [0.1, 0.15) is 0 Å². The van der Waals surface area contributed by atoms with E-state index in [4.69, 9.17) is 20.8 Å². The fourth-order valence-electron chi connectivity index (χ4n) is 3.32. The molecule has 1 N–H and O–H groups in total. The number of hydrogen-bond donors (Lipinski definition) is 1. The quantitative estimate of drug-likeness (QED) is 0.480. The fourth-order valence-corrected chi connectivity index (χ4v) is 4.54. The Labute approximate surface area is 165 Å². The van der Waals surface area contributed by atoms with Gasteiger partial charge in [0.25, 0.3) is 0 Å². The summed E-state index contributed by atoms with van der Waals surface area (Å²) in [6.45, 7) is 16.9. The third-order valence-corrected chi connectivity index (χ3v) is 11.0. The standard InChI is InChI=1S/C21H36ClNO2Si/c1-20(2,3)26(5,6)25-14-13-24-21(4,18-10-8-12-23-16-18)17-9-7-11-19(22)15-17/h7,9,11,15,18,23H,8,10,12-14,16H2,1-6H3/t18?,21-/m0/s1. The third-order valence-electron chi connectivity index (χ3n) is 6.23. The lowest BCUT2D eigenvalue weighted by molar-refractivity contribution is -0.0937. The maximum absolute atomic E-state index is 6.52. The highest BCUT2D eigenvalue weighted by Crippen LogP contribution is 2.39. The van der Waals surface area contributed by atoms with Gasteiger partial charge in [-0.25, -0.2) is 0 Å². The largest absolute Gasteiger partial charge is 0.414 e. The molecule has 0 amide bonds. The van der Waals surface area contributed by atoms with E-state index in [-0.39, 0.29) is 10.6 Å². The molecule has 1 aromatic rings. The number of piperidine rings is 1. The molecule has 1 fully saturated rings. The van der Waals surface area contributed by atoms with Crippen molar-refractivity contribution in [1.29, 1.82) is 0 Å². The summed E-state index contributed by atoms with van der Waals surface area (Å²) in [6.07, 6.45) is 2.35. The first-order valence-corrected chi connectivity index (χ1v) is 13.1. The lowest BCUT2D eigenvalue weighted by Crippen LogP contribution is -2.45. The van der Waals surface area contributed by atoms with E-state index in [1.54, 1.807) is 0 Å². The van der Waals surface area contributed by atoms with Crippen LogP contribution in [0.25, 0.3) is 0 Å². The van der Waals surface area contributed by atoms with Crippen molar-refractivity contribution in [2.45, 2.75) is 64.3 Å². The van der Waals surface area contributed by atoms with Crippen molar-refractivity contribution in [2.75, 3.05) is 26.3 Å². The number of ether oxygens (including phenoxy) is 1. The van der Waals surface area contributed by atoms with E-state index in [0.717, 1.165) is 23.7 Å². The third kappa shape index (κ3) is 5.32. The molecule has 0 bridgehead atoms. The second-order valence-corrected chi connectivity index (χ2v) is 14.4. The van der Waals surface area contributed by atoms with Crippen LogP contribution < -0.4 is 5.32 Å². The zero-order valence-electron chi connectivity index (χ0n) is 17.3. The Bertz CT molecular complexity index is 582. The minimum atomic E-state index is -1.74. The minimum Gasteiger partial charge on any atom is -0.414 e. The van der Waals surface area contributed by atoms with Crippen molar-refractivity contribution < 1.29 is 9.16 Å². The topological polar surface area (TPSA) is 30.5 Å². The summed E-state index contributed by atoms with van der Waals surface area (Å²) in [7, 11) is -1.74. The normalized spacial score (nSPS) is 21.4. The van der Waals surface area contributed by atoms with Gasteiger partial charge in [0.15, 0.2) is 8.32 Å². The SMILES string of the molecule is CC(C)(C)[Si](C)(C)OCCO[C@@](C)(c1cccc(Cl)c1)C1CCCNC1. The van der Waals surface area contributed by atoms with Gasteiger partial charge >= 0.3 is 0 Å². The van der Waals surface area contributed by atoms with E-state index < -0.39 is 8.32 Å². The molecule has 3 nitrogen and oxygen atoms in total. The molecule has 2 atom stereocenters. The highest BCUT2D eigenvalue weighted by molar-refractivity contribution is 6.74. The predicted molar refractivity (Wildman–Crippen MR) is 113 cm³/mol. The predicted octanol–water partition coefficient (Wildman–Crippen LogP) is 5.59. The van der Waals surface area contributed by atoms with Crippen molar-refractivity contribution in [3.63, 3.8) is 0 Å². The van der Waals surface area contributed by atoms with Crippen LogP contribution in [0.5, 0.6) is 0 Å². The van der Waals surface area contributed by atoms with Crippen LogP contribution in [-0.4, -0.2) is 34.6 Å². The summed E-state index contributed by atoms with van der Waals surface area (Å²) < 4.78 is 12.8. The van der Waals surface area contributed by atoms with Gasteiger partial charge in [0, 0.05) is 17.5 Å². The molecule has 26 heavy (non-hydrogen) atoms. The van der Waals surface area contributed by atoms with Crippen molar-refractivity contribution in [3.05, 3.63) is 34.9 Å². The van der Waals surface area contributed by atoms with Crippen LogP contribution >= 0.6 is 11.6 Å². The summed E-state index contributed by atoms with van der Waals surface area (Å²) in [6, 6.07) is 8.12. The minimum absolute atomic E-state index is 0.219. The van der Waals surface area contributed by atoms with Crippen LogP contribution in [0, 0.1) is 5.92 Å². The molecule has 148 valence electrons. The molecule has 0 saturated carbocycles. The van der Waals surface area contributed by atoms with E-state index in [9.17, 15) is 0 Å². The van der Waals surface area contributed by atoms with Crippen molar-refractivity contribution in [3.8, 4) is 0 Å². The Kier molecular flexibility index (Phi) is 7.36. The van der Waals surface area contributed by atoms with E-state index in [2.05, 4.69) is 52.2 Å². The Morgan fingerprint density at radius 3 is 2.50 bits per heavy atom. The molecule has 1 aromatic carbocycles. The Morgan fingerprint density at radius 1 is 1.19 bits per heavy atom. The second-order valence-electron chi connectivity index (χ2n) is 9.12. The van der Waals surface area contributed by atoms with E-state index in [1.165, 1.54) is 12.8 Å². The molecule has 2 rings (SSSR count). The Hall–Kier alpha value is -0.393. The van der Waals surface area contributed by atoms with E-state index in [1.807, 2.05) is 18.2 Å². The molecule has 1 heterocycles. The maximum Gasteiger partial charge on any atom is 0.192 e. The van der Waals surface area contributed by atoms with Gasteiger partial charge in [0.05, 0.1) is 18.8 Å². The maximum atomic E-state index is 6.52. The molecule has 1 aliphatic heterocycles. The second kappa shape index (κ2) is 8.74.